The van der Waals surface area contributed by atoms with E-state index in [9.17, 15) is 0 Å². The molecule has 0 radical (unpaired) electrons. The van der Waals surface area contributed by atoms with Crippen LogP contribution >= 0.6 is 0 Å². The summed E-state index contributed by atoms with van der Waals surface area (Å²) in [6.45, 7) is 8.92. The van der Waals surface area contributed by atoms with Crippen LogP contribution in [0.25, 0.3) is 21.5 Å². The molecule has 0 saturated carbocycles. The molecule has 0 bridgehead atoms. The maximum absolute atomic E-state index is 3.50. The monoisotopic (exact) mass is 570 g/mol. The van der Waals surface area contributed by atoms with E-state index < -0.39 is 0 Å². The number of fused-ring (bicyclic) bond motifs is 3. The minimum atomic E-state index is 0.562. The molecule has 0 nitrogen and oxygen atoms in total. The Bertz CT molecular complexity index is 1420. The molecule has 1 aliphatic rings. The van der Waals surface area contributed by atoms with Gasteiger partial charge in [0, 0.05) is 0 Å². The van der Waals surface area contributed by atoms with Crippen LogP contribution in [0.5, 0.6) is 0 Å². The fraction of sp³-hybridized carbons (Fsp3) is 0.189. The van der Waals surface area contributed by atoms with Gasteiger partial charge in [-0.2, -0.15) is 6.08 Å². The predicted octanol–water partition coefficient (Wildman–Crippen LogP) is 9.73. The largest absolute Gasteiger partial charge is 0.126 e. The van der Waals surface area contributed by atoms with Crippen LogP contribution in [0.3, 0.4) is 0 Å². The first-order valence-corrected chi connectivity index (χ1v) is 14.7. The first-order chi connectivity index (χ1) is 18.4. The minimum absolute atomic E-state index is 0.562. The van der Waals surface area contributed by atoms with Crippen molar-refractivity contribution in [1.29, 1.82) is 0 Å². The van der Waals surface area contributed by atoms with E-state index in [1.165, 1.54) is 65.7 Å². The van der Waals surface area contributed by atoms with E-state index in [0.717, 1.165) is 0 Å². The molecule has 0 amide bonds. The van der Waals surface area contributed by atoms with Crippen LogP contribution in [0.1, 0.15) is 38.8 Å². The van der Waals surface area contributed by atoms with E-state index in [0.29, 0.717) is 17.8 Å². The van der Waals surface area contributed by atoms with Crippen molar-refractivity contribution in [3.8, 4) is 0 Å². The van der Waals surface area contributed by atoms with E-state index >= 15 is 0 Å². The first-order valence-electron chi connectivity index (χ1n) is 13.5. The SMILES string of the molecule is CC(C)C1=[C-]C(C(C)C)C=C1.[Zr+2]=[C](c1ccccc1)c1ccccc1.c1ccc2c(c1)[cH-]c1ccccc12. The average Bonchev–Trinajstić information content (AvgIpc) is 3.60. The van der Waals surface area contributed by atoms with Gasteiger partial charge in [-0.1, -0.05) is 81.8 Å². The molecule has 0 aromatic heterocycles. The zero-order valence-electron chi connectivity index (χ0n) is 22.9. The summed E-state index contributed by atoms with van der Waals surface area (Å²) in [6, 6.07) is 40.4. The summed E-state index contributed by atoms with van der Waals surface area (Å²) in [5.41, 5.74) is 4.04. The van der Waals surface area contributed by atoms with E-state index in [4.69, 9.17) is 0 Å². The number of benzene rings is 4. The molecule has 1 atom stereocenters. The Balaban J connectivity index is 0.000000134. The minimum Gasteiger partial charge on any atom is -0.126 e. The fourth-order valence-electron chi connectivity index (χ4n) is 4.52. The second kappa shape index (κ2) is 13.7. The summed E-state index contributed by atoms with van der Waals surface area (Å²) in [7, 11) is 0. The third-order valence-corrected chi connectivity index (χ3v) is 8.22. The number of allylic oxidation sites excluding steroid dienone is 4. The Hall–Kier alpha value is -3.02. The van der Waals surface area contributed by atoms with Crippen LogP contribution < -0.4 is 0 Å². The predicted molar refractivity (Wildman–Crippen MR) is 162 cm³/mol. The number of hydrogen-bond acceptors (Lipinski definition) is 0. The number of rotatable bonds is 4. The van der Waals surface area contributed by atoms with E-state index in [2.05, 4.69) is 161 Å². The van der Waals surface area contributed by atoms with Gasteiger partial charge in [0.25, 0.3) is 0 Å². The maximum Gasteiger partial charge on any atom is -0.0771 e. The standard InChI is InChI=1S/C13H9.C13H10.C11H17.Zr/c1-3-7-12-10(5-1)9-11-6-2-4-8-13(11)12;1-3-7-12(8-4-1)11-13-9-5-2-6-10-13;1-8(2)10-5-6-11(7-10)9(3)4;/h1-9H;1-10H;5-6,8-10H,1-4H3;/q-1;;-1;+2. The van der Waals surface area contributed by atoms with Crippen LogP contribution in [0.4, 0.5) is 0 Å². The van der Waals surface area contributed by atoms with Gasteiger partial charge in [-0.15, -0.1) is 39.7 Å². The molecule has 5 aromatic rings. The summed E-state index contributed by atoms with van der Waals surface area (Å²) in [5.74, 6) is 1.89. The Morgan fingerprint density at radius 2 is 1.11 bits per heavy atom. The normalized spacial score (nSPS) is 14.2. The molecule has 188 valence electrons. The molecule has 0 saturated heterocycles. The molecule has 1 unspecified atom stereocenters. The van der Waals surface area contributed by atoms with Gasteiger partial charge in [0.1, 0.15) is 0 Å². The van der Waals surface area contributed by atoms with Crippen molar-refractivity contribution in [3.63, 3.8) is 0 Å². The van der Waals surface area contributed by atoms with Crippen molar-refractivity contribution in [2.24, 2.45) is 17.8 Å². The van der Waals surface area contributed by atoms with Crippen molar-refractivity contribution >= 4 is 24.8 Å². The summed E-state index contributed by atoms with van der Waals surface area (Å²) in [6.07, 6.45) is 7.98. The van der Waals surface area contributed by atoms with Crippen molar-refractivity contribution in [3.05, 3.63) is 150 Å². The molecule has 0 heterocycles. The number of hydrogen-bond donors (Lipinski definition) is 0. The second-order valence-corrected chi connectivity index (χ2v) is 11.5. The van der Waals surface area contributed by atoms with Crippen LogP contribution in [0, 0.1) is 23.8 Å². The topological polar surface area (TPSA) is 0 Å². The molecule has 0 N–H and O–H groups in total. The van der Waals surface area contributed by atoms with E-state index in [1.54, 1.807) is 0 Å². The molecule has 38 heavy (non-hydrogen) atoms. The van der Waals surface area contributed by atoms with Crippen molar-refractivity contribution < 1.29 is 24.2 Å². The van der Waals surface area contributed by atoms with E-state index in [-0.39, 0.29) is 0 Å². The van der Waals surface area contributed by atoms with Crippen LogP contribution in [-0.2, 0) is 24.2 Å². The molecule has 5 aromatic carbocycles. The van der Waals surface area contributed by atoms with Crippen LogP contribution in [0.15, 0.2) is 133 Å². The van der Waals surface area contributed by atoms with Crippen molar-refractivity contribution in [2.75, 3.05) is 0 Å². The smallest absolute Gasteiger partial charge is 0.0771 e. The second-order valence-electron chi connectivity index (χ2n) is 10.3. The van der Waals surface area contributed by atoms with Crippen LogP contribution in [0.2, 0.25) is 0 Å². The van der Waals surface area contributed by atoms with Gasteiger partial charge in [-0.3, -0.25) is 6.08 Å². The van der Waals surface area contributed by atoms with Gasteiger partial charge in [0.05, 0.1) is 0 Å². The molecule has 1 heteroatoms. The summed E-state index contributed by atoms with van der Waals surface area (Å²) >= 11 is 1.46. The Morgan fingerprint density at radius 3 is 1.50 bits per heavy atom. The molecule has 1 aliphatic carbocycles. The summed E-state index contributed by atoms with van der Waals surface area (Å²) in [4.78, 5) is 0. The average molecular weight is 572 g/mol. The van der Waals surface area contributed by atoms with Crippen molar-refractivity contribution in [1.82, 2.24) is 0 Å². The fourth-order valence-corrected chi connectivity index (χ4v) is 5.34. The van der Waals surface area contributed by atoms with E-state index in [1.807, 2.05) is 0 Å². The van der Waals surface area contributed by atoms with Gasteiger partial charge in [-0.25, -0.2) is 11.6 Å². The van der Waals surface area contributed by atoms with Crippen molar-refractivity contribution in [2.45, 2.75) is 27.7 Å². The Labute approximate surface area is 243 Å². The van der Waals surface area contributed by atoms with Gasteiger partial charge in [-0.05, 0) is 0 Å². The van der Waals surface area contributed by atoms with Gasteiger partial charge in [0.15, 0.2) is 0 Å². The maximum atomic E-state index is 3.50. The molecule has 6 rings (SSSR count). The molecular weight excluding hydrogens is 536 g/mol. The Kier molecular flexibility index (Phi) is 10.1. The molecule has 0 fully saturated rings. The quantitative estimate of drug-likeness (QED) is 0.188. The molecule has 0 aliphatic heterocycles. The Morgan fingerprint density at radius 1 is 0.658 bits per heavy atom. The first kappa shape index (κ1) is 28.0. The summed E-state index contributed by atoms with van der Waals surface area (Å²) in [5, 5.41) is 5.39. The third kappa shape index (κ3) is 7.30. The van der Waals surface area contributed by atoms with Crippen LogP contribution in [-0.4, -0.2) is 3.21 Å². The zero-order chi connectivity index (χ0) is 26.9. The van der Waals surface area contributed by atoms with Gasteiger partial charge in [0.2, 0.25) is 0 Å². The van der Waals surface area contributed by atoms with Gasteiger partial charge >= 0.3 is 99.2 Å². The summed E-state index contributed by atoms with van der Waals surface area (Å²) < 4.78 is 1.42. The molecular formula is C37H36Zr. The zero-order valence-corrected chi connectivity index (χ0v) is 25.3. The molecule has 0 spiro atoms. The third-order valence-electron chi connectivity index (χ3n) is 6.80. The van der Waals surface area contributed by atoms with Gasteiger partial charge < -0.3 is 0 Å².